The molecular weight excluding hydrogens is 392 g/mol. The van der Waals surface area contributed by atoms with Crippen LogP contribution in [0.1, 0.15) is 39.2 Å². The maximum Gasteiger partial charge on any atom is 0.349 e. The van der Waals surface area contributed by atoms with Gasteiger partial charge in [0.15, 0.2) is 0 Å². The third-order valence-corrected chi connectivity index (χ3v) is 5.53. The highest BCUT2D eigenvalue weighted by Crippen LogP contribution is 2.25. The van der Waals surface area contributed by atoms with Crippen molar-refractivity contribution in [2.24, 2.45) is 0 Å². The molecule has 2 aromatic carbocycles. The molecule has 1 saturated heterocycles. The number of hydrogen-bond donors (Lipinski definition) is 2. The molecular formula is C24H28N4O3. The van der Waals surface area contributed by atoms with E-state index in [1.54, 1.807) is 6.07 Å². The summed E-state index contributed by atoms with van der Waals surface area (Å²) in [5.74, 6) is 0.426. The van der Waals surface area contributed by atoms with E-state index in [0.717, 1.165) is 12.8 Å². The summed E-state index contributed by atoms with van der Waals surface area (Å²) < 4.78 is 7.20. The number of nitrogens with one attached hydrogen (secondary N) is 2. The van der Waals surface area contributed by atoms with Crippen LogP contribution in [0.2, 0.25) is 0 Å². The quantitative estimate of drug-likeness (QED) is 0.650. The molecule has 4 rings (SSSR count). The van der Waals surface area contributed by atoms with Crippen molar-refractivity contribution in [3.05, 3.63) is 64.6 Å². The topological polar surface area (TPSA) is 85.3 Å². The van der Waals surface area contributed by atoms with Crippen LogP contribution in [0.4, 0.5) is 16.3 Å². The zero-order valence-electron chi connectivity index (χ0n) is 18.1. The minimum atomic E-state index is -0.416. The Morgan fingerprint density at radius 3 is 2.55 bits per heavy atom. The van der Waals surface area contributed by atoms with E-state index in [2.05, 4.69) is 36.4 Å². The number of fused-ring (bicyclic) bond motifs is 1. The summed E-state index contributed by atoms with van der Waals surface area (Å²) in [6.07, 6.45) is 1.79. The van der Waals surface area contributed by atoms with E-state index in [9.17, 15) is 9.59 Å². The van der Waals surface area contributed by atoms with Gasteiger partial charge in [0.1, 0.15) is 5.82 Å². The van der Waals surface area contributed by atoms with Gasteiger partial charge in [-0.25, -0.2) is 9.59 Å². The van der Waals surface area contributed by atoms with Crippen molar-refractivity contribution in [2.75, 3.05) is 17.2 Å². The number of amides is 2. The first-order valence-corrected chi connectivity index (χ1v) is 10.6. The van der Waals surface area contributed by atoms with Crippen LogP contribution in [0, 0.1) is 0 Å². The van der Waals surface area contributed by atoms with Gasteiger partial charge >= 0.3 is 11.7 Å². The first kappa shape index (κ1) is 21.1. The number of carbonyl (C=O) groups excluding carboxylic acids is 1. The first-order valence-electron chi connectivity index (χ1n) is 10.6. The monoisotopic (exact) mass is 420 g/mol. The minimum Gasteiger partial charge on any atom is -0.376 e. The van der Waals surface area contributed by atoms with Gasteiger partial charge in [-0.3, -0.25) is 9.88 Å². The fourth-order valence-electron chi connectivity index (χ4n) is 3.80. The van der Waals surface area contributed by atoms with Crippen molar-refractivity contribution in [1.29, 1.82) is 0 Å². The first-order chi connectivity index (χ1) is 14.8. The zero-order chi connectivity index (χ0) is 22.0. The molecule has 1 fully saturated rings. The highest BCUT2D eigenvalue weighted by molar-refractivity contribution is 6.04. The lowest BCUT2D eigenvalue weighted by Crippen LogP contribution is -2.33. The van der Waals surface area contributed by atoms with Gasteiger partial charge in [0, 0.05) is 17.7 Å². The van der Waals surface area contributed by atoms with E-state index in [-0.39, 0.29) is 11.5 Å². The van der Waals surface area contributed by atoms with Crippen LogP contribution < -0.4 is 16.3 Å². The van der Waals surface area contributed by atoms with Crippen LogP contribution in [0.25, 0.3) is 10.9 Å². The third kappa shape index (κ3) is 4.77. The molecule has 0 radical (unpaired) electrons. The molecule has 0 spiro atoms. The van der Waals surface area contributed by atoms with E-state index in [4.69, 9.17) is 4.74 Å². The van der Waals surface area contributed by atoms with Crippen LogP contribution >= 0.6 is 0 Å². The second-order valence-electron chi connectivity index (χ2n) is 8.91. The highest BCUT2D eigenvalue weighted by Gasteiger charge is 2.21. The number of rotatable bonds is 4. The summed E-state index contributed by atoms with van der Waals surface area (Å²) in [5.41, 5.74) is 2.04. The Bertz CT molecular complexity index is 1140. The van der Waals surface area contributed by atoms with Crippen molar-refractivity contribution in [2.45, 2.75) is 51.7 Å². The Labute approximate surface area is 181 Å². The number of urea groups is 1. The summed E-state index contributed by atoms with van der Waals surface area (Å²) >= 11 is 0. The van der Waals surface area contributed by atoms with Crippen LogP contribution in [0.15, 0.2) is 53.3 Å². The molecule has 2 amide bonds. The Morgan fingerprint density at radius 1 is 1.13 bits per heavy atom. The molecule has 2 heterocycles. The van der Waals surface area contributed by atoms with Gasteiger partial charge in [-0.15, -0.1) is 0 Å². The second-order valence-corrected chi connectivity index (χ2v) is 8.91. The minimum absolute atomic E-state index is 0.0368. The zero-order valence-corrected chi connectivity index (χ0v) is 18.1. The smallest absolute Gasteiger partial charge is 0.349 e. The number of aromatic nitrogens is 2. The number of anilines is 2. The van der Waals surface area contributed by atoms with Crippen molar-refractivity contribution in [3.8, 4) is 0 Å². The van der Waals surface area contributed by atoms with Crippen molar-refractivity contribution < 1.29 is 9.53 Å². The van der Waals surface area contributed by atoms with Gasteiger partial charge < -0.3 is 10.1 Å². The van der Waals surface area contributed by atoms with Crippen molar-refractivity contribution >= 4 is 28.4 Å². The molecule has 7 nitrogen and oxygen atoms in total. The van der Waals surface area contributed by atoms with E-state index < -0.39 is 11.7 Å². The Hall–Kier alpha value is -3.19. The largest absolute Gasteiger partial charge is 0.376 e. The number of nitrogens with zero attached hydrogens (tertiary/aromatic N) is 2. The molecule has 1 aliphatic rings. The number of para-hydroxylation sites is 1. The van der Waals surface area contributed by atoms with Crippen LogP contribution in [0.3, 0.4) is 0 Å². The van der Waals surface area contributed by atoms with Gasteiger partial charge in [-0.05, 0) is 48.1 Å². The highest BCUT2D eigenvalue weighted by atomic mass is 16.5. The molecule has 1 atom stereocenters. The maximum atomic E-state index is 12.8. The molecule has 0 saturated carbocycles. The lowest BCUT2D eigenvalue weighted by molar-refractivity contribution is 0.0964. The summed E-state index contributed by atoms with van der Waals surface area (Å²) in [7, 11) is 0. The summed E-state index contributed by atoms with van der Waals surface area (Å²) in [4.78, 5) is 29.7. The molecule has 31 heavy (non-hydrogen) atoms. The Balaban J connectivity index is 1.61. The van der Waals surface area contributed by atoms with Gasteiger partial charge in [-0.2, -0.15) is 4.98 Å². The molecule has 2 N–H and O–H groups in total. The average Bonchev–Trinajstić information content (AvgIpc) is 3.23. The fraction of sp³-hybridized carbons (Fsp3) is 0.375. The lowest BCUT2D eigenvalue weighted by Gasteiger charge is -2.20. The SMILES string of the molecule is CC(C)(C)c1ccc(NC(=O)Nc2c3ccccc3nc(=O)n2C[C@H]2CCCO2)cc1. The van der Waals surface area contributed by atoms with E-state index >= 15 is 0 Å². The number of carbonyl (C=O) groups is 1. The number of ether oxygens (including phenoxy) is 1. The molecule has 7 heteroatoms. The van der Waals surface area contributed by atoms with Gasteiger partial charge in [0.05, 0.1) is 18.2 Å². The Morgan fingerprint density at radius 2 is 1.87 bits per heavy atom. The van der Waals surface area contributed by atoms with Gasteiger partial charge in [0.25, 0.3) is 0 Å². The summed E-state index contributed by atoms with van der Waals surface area (Å²) in [6.45, 7) is 7.47. The molecule has 162 valence electrons. The van der Waals surface area contributed by atoms with Gasteiger partial charge in [-0.1, -0.05) is 45.0 Å². The molecule has 1 aliphatic heterocycles. The van der Waals surface area contributed by atoms with E-state index in [1.807, 2.05) is 42.5 Å². The Kier molecular flexibility index (Phi) is 5.78. The van der Waals surface area contributed by atoms with E-state index in [0.29, 0.717) is 35.6 Å². The molecule has 1 aromatic heterocycles. The molecule has 0 bridgehead atoms. The average molecular weight is 421 g/mol. The predicted molar refractivity (Wildman–Crippen MR) is 123 cm³/mol. The second kappa shape index (κ2) is 8.51. The maximum absolute atomic E-state index is 12.8. The van der Waals surface area contributed by atoms with Crippen LogP contribution in [-0.4, -0.2) is 28.3 Å². The molecule has 0 aliphatic carbocycles. The fourth-order valence-corrected chi connectivity index (χ4v) is 3.80. The number of hydrogen-bond acceptors (Lipinski definition) is 4. The van der Waals surface area contributed by atoms with Gasteiger partial charge in [0.2, 0.25) is 0 Å². The third-order valence-electron chi connectivity index (χ3n) is 5.53. The number of benzene rings is 2. The van der Waals surface area contributed by atoms with Crippen LogP contribution in [-0.2, 0) is 16.7 Å². The molecule has 3 aromatic rings. The van der Waals surface area contributed by atoms with E-state index in [1.165, 1.54) is 10.1 Å². The standard InChI is InChI=1S/C24H28N4O3/c1-24(2,3)16-10-12-17(13-11-16)25-22(29)27-21-19-8-4-5-9-20(19)26-23(30)28(21)15-18-7-6-14-31-18/h4-5,8-13,18H,6-7,14-15H2,1-3H3,(H2,25,27,29)/t18-/m1/s1. The van der Waals surface area contributed by atoms with Crippen LogP contribution in [0.5, 0.6) is 0 Å². The van der Waals surface area contributed by atoms with Crippen molar-refractivity contribution in [3.63, 3.8) is 0 Å². The molecule has 0 unspecified atom stereocenters. The van der Waals surface area contributed by atoms with Crippen molar-refractivity contribution in [1.82, 2.24) is 9.55 Å². The predicted octanol–water partition coefficient (Wildman–Crippen LogP) is 4.52. The lowest BCUT2D eigenvalue weighted by atomic mass is 9.87. The summed E-state index contributed by atoms with van der Waals surface area (Å²) in [6, 6.07) is 14.6. The normalized spacial score (nSPS) is 16.4. The summed E-state index contributed by atoms with van der Waals surface area (Å²) in [5, 5.41) is 6.44.